The largest absolute Gasteiger partial charge is 0.376 e. The van der Waals surface area contributed by atoms with E-state index in [9.17, 15) is 9.50 Å². The zero-order valence-corrected chi connectivity index (χ0v) is 9.67. The van der Waals surface area contributed by atoms with Crippen molar-refractivity contribution in [3.63, 3.8) is 0 Å². The number of hydrogen-bond acceptors (Lipinski definition) is 2. The third-order valence-electron chi connectivity index (χ3n) is 3.49. The highest BCUT2D eigenvalue weighted by Crippen LogP contribution is 2.55. The summed E-state index contributed by atoms with van der Waals surface area (Å²) in [7, 11) is 0. The number of nitrogens with zero attached hydrogens (tertiary/aromatic N) is 1. The molecule has 0 spiro atoms. The fourth-order valence-corrected chi connectivity index (χ4v) is 1.98. The average Bonchev–Trinajstić information content (AvgIpc) is 3.09. The molecule has 2 nitrogen and oxygen atoms in total. The molecule has 3 heteroatoms. The SMILES string of the molecule is C#CC(O)(CCCC(F)CC)C1(C#N)CC1. The van der Waals surface area contributed by atoms with Gasteiger partial charge >= 0.3 is 0 Å². The molecule has 0 bridgehead atoms. The Morgan fingerprint density at radius 2 is 2.25 bits per heavy atom. The van der Waals surface area contributed by atoms with E-state index < -0.39 is 17.2 Å². The van der Waals surface area contributed by atoms with Crippen LogP contribution in [0, 0.1) is 29.1 Å². The number of hydrogen-bond donors (Lipinski definition) is 1. The molecule has 1 rings (SSSR count). The van der Waals surface area contributed by atoms with Crippen LogP contribution in [0.3, 0.4) is 0 Å². The molecule has 1 saturated carbocycles. The van der Waals surface area contributed by atoms with E-state index in [1.807, 2.05) is 0 Å². The van der Waals surface area contributed by atoms with E-state index in [1.165, 1.54) is 0 Å². The minimum Gasteiger partial charge on any atom is -0.376 e. The topological polar surface area (TPSA) is 44.0 Å². The van der Waals surface area contributed by atoms with Gasteiger partial charge in [0.05, 0.1) is 17.7 Å². The maximum Gasteiger partial charge on any atom is 0.143 e. The molecule has 0 saturated heterocycles. The molecule has 1 aliphatic carbocycles. The molecule has 2 unspecified atom stereocenters. The molecule has 0 aromatic heterocycles. The van der Waals surface area contributed by atoms with Crippen molar-refractivity contribution in [1.82, 2.24) is 0 Å². The number of terminal acetylenes is 1. The van der Waals surface area contributed by atoms with E-state index in [4.69, 9.17) is 11.7 Å². The zero-order chi connectivity index (χ0) is 12.2. The van der Waals surface area contributed by atoms with Gasteiger partial charge in [-0.2, -0.15) is 5.26 Å². The van der Waals surface area contributed by atoms with Gasteiger partial charge in [0.1, 0.15) is 5.60 Å². The highest BCUT2D eigenvalue weighted by Gasteiger charge is 2.58. The first kappa shape index (κ1) is 13.0. The van der Waals surface area contributed by atoms with Crippen LogP contribution in [0.2, 0.25) is 0 Å². The van der Waals surface area contributed by atoms with Gasteiger partial charge in [-0.3, -0.25) is 0 Å². The Morgan fingerprint density at radius 1 is 1.62 bits per heavy atom. The van der Waals surface area contributed by atoms with Gasteiger partial charge in [-0.1, -0.05) is 12.8 Å². The second-order valence-electron chi connectivity index (χ2n) is 4.60. The van der Waals surface area contributed by atoms with Crippen molar-refractivity contribution < 1.29 is 9.50 Å². The molecule has 0 aliphatic heterocycles. The first-order valence-corrected chi connectivity index (χ1v) is 5.79. The minimum atomic E-state index is -1.37. The van der Waals surface area contributed by atoms with Crippen LogP contribution < -0.4 is 0 Å². The fourth-order valence-electron chi connectivity index (χ4n) is 1.98. The van der Waals surface area contributed by atoms with Gasteiger partial charge in [-0.25, -0.2) is 4.39 Å². The summed E-state index contributed by atoms with van der Waals surface area (Å²) in [5.41, 5.74) is -2.13. The van der Waals surface area contributed by atoms with E-state index >= 15 is 0 Å². The van der Waals surface area contributed by atoms with E-state index in [2.05, 4.69) is 12.0 Å². The van der Waals surface area contributed by atoms with E-state index in [1.54, 1.807) is 6.92 Å². The second kappa shape index (κ2) is 4.85. The summed E-state index contributed by atoms with van der Waals surface area (Å²) in [6.45, 7) is 1.79. The summed E-state index contributed by atoms with van der Waals surface area (Å²) in [5.74, 6) is 2.33. The molecule has 1 fully saturated rings. The van der Waals surface area contributed by atoms with Gasteiger partial charge in [-0.15, -0.1) is 6.42 Å². The Kier molecular flexibility index (Phi) is 3.94. The maximum absolute atomic E-state index is 13.0. The average molecular weight is 223 g/mol. The van der Waals surface area contributed by atoms with Crippen molar-refractivity contribution in [1.29, 1.82) is 5.26 Å². The van der Waals surface area contributed by atoms with Crippen molar-refractivity contribution in [3.8, 4) is 18.4 Å². The lowest BCUT2D eigenvalue weighted by Gasteiger charge is -2.27. The lowest BCUT2D eigenvalue weighted by atomic mass is 9.81. The van der Waals surface area contributed by atoms with Gasteiger partial charge < -0.3 is 5.11 Å². The first-order chi connectivity index (χ1) is 7.53. The van der Waals surface area contributed by atoms with Gasteiger partial charge in [0.2, 0.25) is 0 Å². The highest BCUT2D eigenvalue weighted by molar-refractivity contribution is 5.29. The molecule has 0 radical (unpaired) electrons. The third kappa shape index (κ3) is 2.36. The molecule has 0 aromatic rings. The third-order valence-corrected chi connectivity index (χ3v) is 3.49. The molecule has 88 valence electrons. The molecular formula is C13H18FNO. The number of nitriles is 1. The van der Waals surface area contributed by atoms with Crippen molar-refractivity contribution in [3.05, 3.63) is 0 Å². The smallest absolute Gasteiger partial charge is 0.143 e. The van der Waals surface area contributed by atoms with Crippen LogP contribution in [-0.2, 0) is 0 Å². The normalized spacial score (nSPS) is 22.6. The first-order valence-electron chi connectivity index (χ1n) is 5.79. The summed E-state index contributed by atoms with van der Waals surface area (Å²) >= 11 is 0. The molecule has 0 aromatic carbocycles. The quantitative estimate of drug-likeness (QED) is 0.703. The van der Waals surface area contributed by atoms with Crippen molar-refractivity contribution in [2.24, 2.45) is 5.41 Å². The van der Waals surface area contributed by atoms with E-state index in [0.29, 0.717) is 38.5 Å². The van der Waals surface area contributed by atoms with Gasteiger partial charge in [-0.05, 0) is 38.5 Å². The van der Waals surface area contributed by atoms with Crippen LogP contribution in [0.4, 0.5) is 4.39 Å². The van der Waals surface area contributed by atoms with Gasteiger partial charge in [0.15, 0.2) is 0 Å². The predicted octanol–water partition coefficient (Wildman–Crippen LogP) is 2.57. The predicted molar refractivity (Wildman–Crippen MR) is 60.1 cm³/mol. The summed E-state index contributed by atoms with van der Waals surface area (Å²) in [5, 5.41) is 19.2. The number of halogens is 1. The van der Waals surface area contributed by atoms with Crippen LogP contribution in [0.5, 0.6) is 0 Å². The van der Waals surface area contributed by atoms with Crippen LogP contribution in [0.25, 0.3) is 0 Å². The molecule has 1 N–H and O–H groups in total. The van der Waals surface area contributed by atoms with Gasteiger partial charge in [0.25, 0.3) is 0 Å². The standard InChI is InChI=1S/C13H18FNO/c1-3-11(14)6-5-7-13(16,4-2)12(10-15)8-9-12/h2,11,16H,3,5-9H2,1H3. The lowest BCUT2D eigenvalue weighted by Crippen LogP contribution is -2.37. The van der Waals surface area contributed by atoms with Gasteiger partial charge in [0, 0.05) is 0 Å². The van der Waals surface area contributed by atoms with Crippen molar-refractivity contribution >= 4 is 0 Å². The Hall–Kier alpha value is -1.06. The Morgan fingerprint density at radius 3 is 2.62 bits per heavy atom. The van der Waals surface area contributed by atoms with Crippen LogP contribution in [-0.4, -0.2) is 16.9 Å². The summed E-state index contributed by atoms with van der Waals surface area (Å²) < 4.78 is 13.0. The summed E-state index contributed by atoms with van der Waals surface area (Å²) in [6, 6.07) is 2.11. The van der Waals surface area contributed by atoms with Crippen LogP contribution in [0.15, 0.2) is 0 Å². The monoisotopic (exact) mass is 223 g/mol. The Labute approximate surface area is 96.5 Å². The molecule has 2 atom stereocenters. The van der Waals surface area contributed by atoms with E-state index in [-0.39, 0.29) is 0 Å². The lowest BCUT2D eigenvalue weighted by molar-refractivity contribution is 0.0361. The van der Waals surface area contributed by atoms with Crippen molar-refractivity contribution in [2.75, 3.05) is 0 Å². The fraction of sp³-hybridized carbons (Fsp3) is 0.769. The maximum atomic E-state index is 13.0. The number of aliphatic hydroxyl groups is 1. The number of alkyl halides is 1. The molecule has 1 aliphatic rings. The molecule has 16 heavy (non-hydrogen) atoms. The Bertz CT molecular complexity index is 324. The van der Waals surface area contributed by atoms with Crippen molar-refractivity contribution in [2.45, 2.75) is 57.2 Å². The molecule has 0 amide bonds. The number of rotatable bonds is 6. The molecule has 0 heterocycles. The molecular weight excluding hydrogens is 205 g/mol. The van der Waals surface area contributed by atoms with E-state index in [0.717, 1.165) is 0 Å². The van der Waals surface area contributed by atoms with Crippen LogP contribution in [0.1, 0.15) is 45.4 Å². The zero-order valence-electron chi connectivity index (χ0n) is 9.67. The second-order valence-corrected chi connectivity index (χ2v) is 4.60. The summed E-state index contributed by atoms with van der Waals surface area (Å²) in [6.07, 6.45) is 7.51. The van der Waals surface area contributed by atoms with Crippen LogP contribution >= 0.6 is 0 Å². The highest BCUT2D eigenvalue weighted by atomic mass is 19.1. The summed E-state index contributed by atoms with van der Waals surface area (Å²) in [4.78, 5) is 0. The minimum absolute atomic E-state index is 0.317. The Balaban J connectivity index is 2.50.